The van der Waals surface area contributed by atoms with E-state index in [-0.39, 0.29) is 17.0 Å². The molecule has 4 nitrogen and oxygen atoms in total. The van der Waals surface area contributed by atoms with Crippen molar-refractivity contribution in [2.24, 2.45) is 5.14 Å². The smallest absolute Gasteiger partial charge is 0.238 e. The summed E-state index contributed by atoms with van der Waals surface area (Å²) < 4.78 is 49.4. The van der Waals surface area contributed by atoms with E-state index in [0.717, 1.165) is 18.2 Å². The van der Waals surface area contributed by atoms with E-state index in [1.807, 2.05) is 0 Å². The maximum absolute atomic E-state index is 13.5. The van der Waals surface area contributed by atoms with Crippen LogP contribution in [-0.2, 0) is 16.6 Å². The Labute approximate surface area is 129 Å². The molecule has 2 aromatic carbocycles. The topological polar surface area (TPSA) is 72.2 Å². The predicted molar refractivity (Wildman–Crippen MR) is 79.2 cm³/mol. The Morgan fingerprint density at radius 1 is 1.14 bits per heavy atom. The van der Waals surface area contributed by atoms with Crippen LogP contribution in [0.25, 0.3) is 0 Å². The molecule has 0 radical (unpaired) electrons. The molecule has 0 saturated carbocycles. The summed E-state index contributed by atoms with van der Waals surface area (Å²) in [7, 11) is -3.79. The molecule has 0 atom stereocenters. The Morgan fingerprint density at radius 3 is 2.48 bits per heavy atom. The van der Waals surface area contributed by atoms with Gasteiger partial charge in [-0.3, -0.25) is 0 Å². The monoisotopic (exact) mass is 376 g/mol. The van der Waals surface area contributed by atoms with Gasteiger partial charge in [-0.15, -0.1) is 0 Å². The van der Waals surface area contributed by atoms with E-state index in [2.05, 4.69) is 21.2 Å². The summed E-state index contributed by atoms with van der Waals surface area (Å²) in [6.45, 7) is 0.0525. The van der Waals surface area contributed by atoms with Gasteiger partial charge in [0.1, 0.15) is 11.6 Å². The minimum atomic E-state index is -3.79. The predicted octanol–water partition coefficient (Wildman–Crippen LogP) is 2.99. The Kier molecular flexibility index (Phi) is 4.60. The lowest BCUT2D eigenvalue weighted by molar-refractivity contribution is 0.587. The average molecular weight is 377 g/mol. The molecule has 0 aromatic heterocycles. The molecule has 2 aromatic rings. The van der Waals surface area contributed by atoms with E-state index >= 15 is 0 Å². The molecule has 0 fully saturated rings. The first-order valence-electron chi connectivity index (χ1n) is 5.77. The van der Waals surface area contributed by atoms with Gasteiger partial charge in [0.2, 0.25) is 10.0 Å². The van der Waals surface area contributed by atoms with E-state index in [0.29, 0.717) is 10.2 Å². The lowest BCUT2D eigenvalue weighted by atomic mass is 10.2. The van der Waals surface area contributed by atoms with Crippen molar-refractivity contribution in [3.05, 3.63) is 58.1 Å². The molecule has 0 heterocycles. The van der Waals surface area contributed by atoms with Crippen LogP contribution in [0.1, 0.15) is 5.56 Å². The molecule has 0 spiro atoms. The summed E-state index contributed by atoms with van der Waals surface area (Å²) >= 11 is 3.20. The van der Waals surface area contributed by atoms with Crippen LogP contribution in [0.3, 0.4) is 0 Å². The van der Waals surface area contributed by atoms with Crippen molar-refractivity contribution in [3.63, 3.8) is 0 Å². The van der Waals surface area contributed by atoms with Crippen LogP contribution < -0.4 is 10.5 Å². The van der Waals surface area contributed by atoms with Gasteiger partial charge in [-0.1, -0.05) is 0 Å². The maximum atomic E-state index is 13.5. The van der Waals surface area contributed by atoms with Crippen LogP contribution in [0.5, 0.6) is 0 Å². The number of anilines is 1. The van der Waals surface area contributed by atoms with Gasteiger partial charge in [0.25, 0.3) is 0 Å². The van der Waals surface area contributed by atoms with Crippen molar-refractivity contribution >= 4 is 31.6 Å². The normalized spacial score (nSPS) is 11.4. The van der Waals surface area contributed by atoms with Crippen LogP contribution in [0.15, 0.2) is 45.8 Å². The molecule has 0 amide bonds. The van der Waals surface area contributed by atoms with Crippen molar-refractivity contribution in [2.45, 2.75) is 11.4 Å². The lowest BCUT2D eigenvalue weighted by Gasteiger charge is -2.10. The molecule has 3 N–H and O–H groups in total. The molecule has 0 aliphatic heterocycles. The van der Waals surface area contributed by atoms with Crippen LogP contribution in [0.4, 0.5) is 14.5 Å². The summed E-state index contributed by atoms with van der Waals surface area (Å²) in [5, 5.41) is 7.90. The zero-order valence-electron chi connectivity index (χ0n) is 10.6. The fraction of sp³-hybridized carbons (Fsp3) is 0.0769. The van der Waals surface area contributed by atoms with Crippen LogP contribution in [0, 0.1) is 11.6 Å². The highest BCUT2D eigenvalue weighted by molar-refractivity contribution is 9.10. The summed E-state index contributed by atoms with van der Waals surface area (Å²) in [5.74, 6) is -1.06. The van der Waals surface area contributed by atoms with Gasteiger partial charge < -0.3 is 5.32 Å². The van der Waals surface area contributed by atoms with Crippen LogP contribution in [-0.4, -0.2) is 8.42 Å². The van der Waals surface area contributed by atoms with Gasteiger partial charge in [-0.25, -0.2) is 22.3 Å². The van der Waals surface area contributed by atoms with E-state index in [9.17, 15) is 17.2 Å². The highest BCUT2D eigenvalue weighted by Crippen LogP contribution is 2.26. The molecule has 0 aliphatic rings. The minimum absolute atomic E-state index is 0.0446. The minimum Gasteiger partial charge on any atom is -0.380 e. The highest BCUT2D eigenvalue weighted by atomic mass is 79.9. The molecule has 8 heteroatoms. The van der Waals surface area contributed by atoms with Gasteiger partial charge in [0.15, 0.2) is 0 Å². The van der Waals surface area contributed by atoms with Crippen LogP contribution >= 0.6 is 15.9 Å². The zero-order chi connectivity index (χ0) is 15.6. The van der Waals surface area contributed by atoms with Crippen molar-refractivity contribution in [1.82, 2.24) is 0 Å². The van der Waals surface area contributed by atoms with E-state index in [1.54, 1.807) is 0 Å². The molecule has 112 valence electrons. The fourth-order valence-electron chi connectivity index (χ4n) is 1.69. The number of nitrogens with two attached hydrogens (primary N) is 1. The number of rotatable bonds is 4. The van der Waals surface area contributed by atoms with Gasteiger partial charge in [0.05, 0.1) is 4.90 Å². The summed E-state index contributed by atoms with van der Waals surface area (Å²) in [6.07, 6.45) is 0. The molecule has 0 saturated heterocycles. The first-order chi connectivity index (χ1) is 9.77. The number of sulfonamides is 1. The Bertz CT molecular complexity index is 782. The summed E-state index contributed by atoms with van der Waals surface area (Å²) in [6, 6.07) is 7.32. The van der Waals surface area contributed by atoms with Crippen molar-refractivity contribution < 1.29 is 17.2 Å². The number of benzene rings is 2. The molecular weight excluding hydrogens is 366 g/mol. The molecular formula is C13H11BrF2N2O2S. The van der Waals surface area contributed by atoms with E-state index < -0.39 is 21.7 Å². The van der Waals surface area contributed by atoms with Gasteiger partial charge >= 0.3 is 0 Å². The maximum Gasteiger partial charge on any atom is 0.238 e. The third-order valence-electron chi connectivity index (χ3n) is 2.75. The third-order valence-corrected chi connectivity index (χ3v) is 4.31. The molecule has 2 rings (SSSR count). The Morgan fingerprint density at radius 2 is 1.86 bits per heavy atom. The van der Waals surface area contributed by atoms with Gasteiger partial charge in [-0.05, 0) is 52.3 Å². The number of hydrogen-bond acceptors (Lipinski definition) is 3. The van der Waals surface area contributed by atoms with Crippen molar-refractivity contribution in [1.29, 1.82) is 0 Å². The largest absolute Gasteiger partial charge is 0.380 e. The SMILES string of the molecule is NS(=O)(=O)c1ccc(NCc2cc(F)ccc2F)c(Br)c1. The zero-order valence-corrected chi connectivity index (χ0v) is 13.0. The fourth-order valence-corrected chi connectivity index (χ4v) is 2.90. The van der Waals surface area contributed by atoms with E-state index in [1.165, 1.54) is 18.2 Å². The third kappa shape index (κ3) is 3.99. The summed E-state index contributed by atoms with van der Waals surface area (Å²) in [5.41, 5.74) is 0.698. The second-order valence-electron chi connectivity index (χ2n) is 4.28. The molecule has 0 unspecified atom stereocenters. The molecule has 0 bridgehead atoms. The average Bonchev–Trinajstić information content (AvgIpc) is 2.40. The van der Waals surface area contributed by atoms with Crippen molar-refractivity contribution in [2.75, 3.05) is 5.32 Å². The molecule has 21 heavy (non-hydrogen) atoms. The van der Waals surface area contributed by atoms with Crippen molar-refractivity contribution in [3.8, 4) is 0 Å². The first kappa shape index (κ1) is 15.9. The van der Waals surface area contributed by atoms with Crippen LogP contribution in [0.2, 0.25) is 0 Å². The lowest BCUT2D eigenvalue weighted by Crippen LogP contribution is -2.12. The van der Waals surface area contributed by atoms with E-state index in [4.69, 9.17) is 5.14 Å². The number of nitrogens with one attached hydrogen (secondary N) is 1. The standard InChI is InChI=1S/C13H11BrF2N2O2S/c14-11-6-10(21(17,19)20)2-4-13(11)18-7-8-5-9(15)1-3-12(8)16/h1-6,18H,7H2,(H2,17,19,20). The number of primary sulfonamides is 1. The Hall–Kier alpha value is -1.51. The van der Waals surface area contributed by atoms with Gasteiger partial charge in [-0.2, -0.15) is 0 Å². The quantitative estimate of drug-likeness (QED) is 0.861. The first-order valence-corrected chi connectivity index (χ1v) is 8.11. The van der Waals surface area contributed by atoms with Gasteiger partial charge in [0, 0.05) is 22.3 Å². The summed E-state index contributed by atoms with van der Waals surface area (Å²) in [4.78, 5) is -0.0446. The highest BCUT2D eigenvalue weighted by Gasteiger charge is 2.11. The number of halogens is 3. The molecule has 0 aliphatic carbocycles. The Balaban J connectivity index is 2.19. The second kappa shape index (κ2) is 6.08. The number of hydrogen-bond donors (Lipinski definition) is 2. The second-order valence-corrected chi connectivity index (χ2v) is 6.69.